The largest absolute Gasteiger partial charge is 0.384 e. The molecule has 2 heterocycles. The van der Waals surface area contributed by atoms with Crippen molar-refractivity contribution in [2.24, 2.45) is 5.73 Å². The summed E-state index contributed by atoms with van der Waals surface area (Å²) >= 11 is 1.32. The maximum absolute atomic E-state index is 11.7. The molecule has 1 saturated heterocycles. The van der Waals surface area contributed by atoms with E-state index < -0.39 is 15.8 Å². The molecule has 0 amide bonds. The predicted molar refractivity (Wildman–Crippen MR) is 85.8 cm³/mol. The van der Waals surface area contributed by atoms with Gasteiger partial charge in [0, 0.05) is 24.4 Å². The number of non-ortho nitro benzene ring substituents is 1. The Bertz CT molecular complexity index is 840. The molecule has 0 aromatic heterocycles. The van der Waals surface area contributed by atoms with E-state index >= 15 is 0 Å². The zero-order valence-electron chi connectivity index (χ0n) is 12.2. The highest BCUT2D eigenvalue weighted by Crippen LogP contribution is 2.46. The molecule has 9 nitrogen and oxygen atoms in total. The summed E-state index contributed by atoms with van der Waals surface area (Å²) in [6, 6.07) is 7.34. The van der Waals surface area contributed by atoms with Gasteiger partial charge in [-0.25, -0.2) is 0 Å². The molecule has 2 aliphatic heterocycles. The molecule has 24 heavy (non-hydrogen) atoms. The molecular formula is C14H11N5O4S. The average molecular weight is 345 g/mol. The number of fused-ring (bicyclic) bond motifs is 1. The van der Waals surface area contributed by atoms with Crippen molar-refractivity contribution < 1.29 is 9.85 Å². The molecule has 0 spiro atoms. The molecule has 1 aromatic rings. The van der Waals surface area contributed by atoms with Crippen LogP contribution >= 0.6 is 11.8 Å². The Morgan fingerprint density at radius 2 is 1.92 bits per heavy atom. The zero-order valence-corrected chi connectivity index (χ0v) is 13.0. The van der Waals surface area contributed by atoms with E-state index in [2.05, 4.69) is 0 Å². The van der Waals surface area contributed by atoms with Crippen LogP contribution in [0.25, 0.3) is 0 Å². The lowest BCUT2D eigenvalue weighted by Crippen LogP contribution is -2.33. The highest BCUT2D eigenvalue weighted by Gasteiger charge is 2.44. The first-order chi connectivity index (χ1) is 11.5. The van der Waals surface area contributed by atoms with Crippen LogP contribution in [0.15, 0.2) is 46.4 Å². The standard InChI is InChI=1S/C14H11N5O4S/c15-7-10-11(8-1-3-9(4-2-8)18(20)21)12(19(22)23)14-17(13(10)16)5-6-24-14/h1-4,11H,5-6,16H2. The van der Waals surface area contributed by atoms with Gasteiger partial charge in [0.05, 0.1) is 21.5 Å². The van der Waals surface area contributed by atoms with Crippen LogP contribution in [-0.4, -0.2) is 27.0 Å². The van der Waals surface area contributed by atoms with E-state index in [0.29, 0.717) is 22.9 Å². The molecular weight excluding hydrogens is 334 g/mol. The summed E-state index contributed by atoms with van der Waals surface area (Å²) in [6.07, 6.45) is 0. The van der Waals surface area contributed by atoms with Crippen molar-refractivity contribution in [3.8, 4) is 6.07 Å². The fourth-order valence-electron chi connectivity index (χ4n) is 2.83. The second-order valence-corrected chi connectivity index (χ2v) is 6.22. The van der Waals surface area contributed by atoms with Crippen molar-refractivity contribution in [2.45, 2.75) is 5.92 Å². The molecule has 122 valence electrons. The normalized spacial score (nSPS) is 20.0. The van der Waals surface area contributed by atoms with E-state index in [9.17, 15) is 25.5 Å². The molecule has 0 aliphatic carbocycles. The van der Waals surface area contributed by atoms with Crippen molar-refractivity contribution >= 4 is 17.4 Å². The van der Waals surface area contributed by atoms with Crippen LogP contribution in [0.1, 0.15) is 11.5 Å². The Hall–Kier alpha value is -3.06. The summed E-state index contributed by atoms with van der Waals surface area (Å²) in [5.74, 6) is -0.104. The minimum absolute atomic E-state index is 0.0850. The van der Waals surface area contributed by atoms with Crippen LogP contribution in [0.2, 0.25) is 0 Å². The Kier molecular flexibility index (Phi) is 3.86. The molecule has 1 fully saturated rings. The summed E-state index contributed by atoms with van der Waals surface area (Å²) in [7, 11) is 0. The molecule has 0 radical (unpaired) electrons. The summed E-state index contributed by atoms with van der Waals surface area (Å²) in [6.45, 7) is 0.501. The van der Waals surface area contributed by atoms with Gasteiger partial charge in [0.1, 0.15) is 11.7 Å². The Balaban J connectivity index is 2.18. The van der Waals surface area contributed by atoms with E-state index in [1.165, 1.54) is 36.0 Å². The van der Waals surface area contributed by atoms with Crippen molar-refractivity contribution in [1.29, 1.82) is 5.26 Å². The third kappa shape index (κ3) is 2.35. The Labute approximate surface area is 140 Å². The minimum atomic E-state index is -0.942. The van der Waals surface area contributed by atoms with Gasteiger partial charge in [-0.15, -0.1) is 0 Å². The number of rotatable bonds is 3. The third-order valence-corrected chi connectivity index (χ3v) is 4.99. The van der Waals surface area contributed by atoms with E-state index in [4.69, 9.17) is 5.73 Å². The number of hydrogen-bond donors (Lipinski definition) is 1. The monoisotopic (exact) mass is 345 g/mol. The van der Waals surface area contributed by atoms with Crippen LogP contribution in [0.3, 0.4) is 0 Å². The van der Waals surface area contributed by atoms with E-state index in [0.717, 1.165) is 0 Å². The highest BCUT2D eigenvalue weighted by atomic mass is 32.2. The van der Waals surface area contributed by atoms with Gasteiger partial charge in [0.15, 0.2) is 5.03 Å². The number of thioether (sulfide) groups is 1. The quantitative estimate of drug-likeness (QED) is 0.647. The van der Waals surface area contributed by atoms with Gasteiger partial charge in [-0.05, 0) is 5.56 Å². The lowest BCUT2D eigenvalue weighted by atomic mass is 9.87. The SMILES string of the molecule is N#CC1=C(N)N2CCSC2=C([N+](=O)[O-])C1c1ccc([N+](=O)[O-])cc1. The number of benzene rings is 1. The fourth-order valence-corrected chi connectivity index (χ4v) is 3.98. The fraction of sp³-hybridized carbons (Fsp3) is 0.214. The van der Waals surface area contributed by atoms with Gasteiger partial charge in [-0.1, -0.05) is 23.9 Å². The number of nitrogens with zero attached hydrogens (tertiary/aromatic N) is 4. The van der Waals surface area contributed by atoms with E-state index in [1.807, 2.05) is 6.07 Å². The molecule has 2 N–H and O–H groups in total. The number of nitrogens with two attached hydrogens (primary N) is 1. The maximum Gasteiger partial charge on any atom is 0.288 e. The summed E-state index contributed by atoms with van der Waals surface area (Å²) in [5.41, 5.74) is 6.31. The summed E-state index contributed by atoms with van der Waals surface area (Å²) in [5, 5.41) is 32.3. The van der Waals surface area contributed by atoms with Crippen LogP contribution in [-0.2, 0) is 0 Å². The van der Waals surface area contributed by atoms with Gasteiger partial charge >= 0.3 is 0 Å². The van der Waals surface area contributed by atoms with E-state index in [-0.39, 0.29) is 22.8 Å². The van der Waals surface area contributed by atoms with Crippen molar-refractivity contribution in [1.82, 2.24) is 4.90 Å². The molecule has 0 saturated carbocycles. The smallest absolute Gasteiger partial charge is 0.288 e. The third-order valence-electron chi connectivity index (χ3n) is 3.90. The van der Waals surface area contributed by atoms with E-state index in [1.54, 1.807) is 4.90 Å². The first kappa shape index (κ1) is 15.8. The second-order valence-electron chi connectivity index (χ2n) is 5.14. The number of nitro groups is 2. The molecule has 1 aromatic carbocycles. The predicted octanol–water partition coefficient (Wildman–Crippen LogP) is 1.88. The lowest BCUT2D eigenvalue weighted by Gasteiger charge is -2.29. The second kappa shape index (κ2) is 5.86. The Morgan fingerprint density at radius 1 is 1.25 bits per heavy atom. The zero-order chi connectivity index (χ0) is 17.4. The number of nitro benzene ring substituents is 1. The van der Waals surface area contributed by atoms with Crippen molar-refractivity contribution in [3.05, 3.63) is 72.2 Å². The van der Waals surface area contributed by atoms with Crippen LogP contribution in [0.5, 0.6) is 0 Å². The number of hydrogen-bond acceptors (Lipinski definition) is 8. The van der Waals surface area contributed by atoms with Crippen molar-refractivity contribution in [3.63, 3.8) is 0 Å². The van der Waals surface area contributed by atoms with Crippen LogP contribution < -0.4 is 5.73 Å². The number of nitriles is 1. The molecule has 10 heteroatoms. The molecule has 3 rings (SSSR count). The Morgan fingerprint density at radius 3 is 2.46 bits per heavy atom. The van der Waals surface area contributed by atoms with Gasteiger partial charge in [0.25, 0.3) is 11.4 Å². The molecule has 0 bridgehead atoms. The summed E-state index contributed by atoms with van der Waals surface area (Å²) in [4.78, 5) is 23.0. The average Bonchev–Trinajstić information content (AvgIpc) is 3.04. The molecule has 2 aliphatic rings. The lowest BCUT2D eigenvalue weighted by molar-refractivity contribution is -0.430. The first-order valence-corrected chi connectivity index (χ1v) is 7.87. The van der Waals surface area contributed by atoms with Gasteiger partial charge in [0.2, 0.25) is 0 Å². The maximum atomic E-state index is 11.7. The van der Waals surface area contributed by atoms with Gasteiger partial charge in [-0.3, -0.25) is 20.2 Å². The molecule has 1 atom stereocenters. The van der Waals surface area contributed by atoms with Crippen molar-refractivity contribution in [2.75, 3.05) is 12.3 Å². The van der Waals surface area contributed by atoms with Gasteiger partial charge < -0.3 is 10.6 Å². The van der Waals surface area contributed by atoms with Crippen LogP contribution in [0.4, 0.5) is 5.69 Å². The van der Waals surface area contributed by atoms with Gasteiger partial charge in [-0.2, -0.15) is 5.26 Å². The summed E-state index contributed by atoms with van der Waals surface area (Å²) < 4.78 is 0. The minimum Gasteiger partial charge on any atom is -0.384 e. The first-order valence-electron chi connectivity index (χ1n) is 6.88. The van der Waals surface area contributed by atoms with Crippen LogP contribution in [0, 0.1) is 31.6 Å². The number of allylic oxidation sites excluding steroid dienone is 1. The topological polar surface area (TPSA) is 139 Å². The molecule has 1 unspecified atom stereocenters. The highest BCUT2D eigenvalue weighted by molar-refractivity contribution is 8.03.